The van der Waals surface area contributed by atoms with Crippen LogP contribution in [0.25, 0.3) is 0 Å². The number of rotatable bonds is 1. The number of esters is 2. The standard InChI is InChI=1S/C11H3F5O4/c1-2-3-19-10(17)11(18)20-9-7(15)5(13)4(12)6(14)8(9)16/h1H3. The molecule has 0 heterocycles. The summed E-state index contributed by atoms with van der Waals surface area (Å²) in [7, 11) is 0. The van der Waals surface area contributed by atoms with Crippen molar-refractivity contribution >= 4 is 11.9 Å². The Morgan fingerprint density at radius 3 is 1.75 bits per heavy atom. The molecule has 0 spiro atoms. The summed E-state index contributed by atoms with van der Waals surface area (Å²) < 4.78 is 72.1. The van der Waals surface area contributed by atoms with Crippen molar-refractivity contribution in [1.29, 1.82) is 0 Å². The summed E-state index contributed by atoms with van der Waals surface area (Å²) in [4.78, 5) is 21.9. The lowest BCUT2D eigenvalue weighted by Gasteiger charge is -2.07. The molecule has 0 amide bonds. The molecule has 106 valence electrons. The number of carbonyl (C=O) groups is 2. The van der Waals surface area contributed by atoms with Crippen molar-refractivity contribution in [2.45, 2.75) is 6.92 Å². The number of carbonyl (C=O) groups excluding carboxylic acids is 2. The number of hydrogen-bond donors (Lipinski definition) is 0. The quantitative estimate of drug-likeness (QED) is 0.151. The minimum atomic E-state index is -2.43. The molecule has 0 fully saturated rings. The largest absolute Gasteiger partial charge is 0.431 e. The predicted molar refractivity (Wildman–Crippen MR) is 51.4 cm³/mol. The molecule has 0 N–H and O–H groups in total. The Morgan fingerprint density at radius 2 is 1.30 bits per heavy atom. The van der Waals surface area contributed by atoms with Gasteiger partial charge in [0.25, 0.3) is 0 Å². The molecule has 0 aliphatic heterocycles. The zero-order chi connectivity index (χ0) is 15.4. The van der Waals surface area contributed by atoms with Gasteiger partial charge >= 0.3 is 11.9 Å². The van der Waals surface area contributed by atoms with Crippen LogP contribution in [0.15, 0.2) is 0 Å². The van der Waals surface area contributed by atoms with Gasteiger partial charge in [0, 0.05) is 6.92 Å². The van der Waals surface area contributed by atoms with Gasteiger partial charge in [0.05, 0.1) is 0 Å². The van der Waals surface area contributed by atoms with E-state index in [0.717, 1.165) is 0 Å². The highest BCUT2D eigenvalue weighted by atomic mass is 19.2. The van der Waals surface area contributed by atoms with E-state index < -0.39 is 46.8 Å². The summed E-state index contributed by atoms with van der Waals surface area (Å²) >= 11 is 0. The van der Waals surface area contributed by atoms with Crippen LogP contribution in [0.2, 0.25) is 0 Å². The van der Waals surface area contributed by atoms with Crippen LogP contribution in [0.3, 0.4) is 0 Å². The molecule has 0 bridgehead atoms. The van der Waals surface area contributed by atoms with Crippen molar-refractivity contribution < 1.29 is 41.0 Å². The van der Waals surface area contributed by atoms with Crippen LogP contribution in [0.4, 0.5) is 22.0 Å². The second-order valence-corrected chi connectivity index (χ2v) is 3.03. The topological polar surface area (TPSA) is 52.6 Å². The molecular formula is C11H3F5O4. The number of benzene rings is 1. The van der Waals surface area contributed by atoms with Gasteiger partial charge in [0.1, 0.15) is 6.11 Å². The molecular weight excluding hydrogens is 291 g/mol. The monoisotopic (exact) mass is 294 g/mol. The van der Waals surface area contributed by atoms with Crippen molar-refractivity contribution in [2.24, 2.45) is 0 Å². The lowest BCUT2D eigenvalue weighted by Crippen LogP contribution is -2.23. The molecule has 1 aromatic carbocycles. The van der Waals surface area contributed by atoms with Crippen molar-refractivity contribution in [3.63, 3.8) is 0 Å². The molecule has 0 aliphatic carbocycles. The smallest absolute Gasteiger partial charge is 0.412 e. The van der Waals surface area contributed by atoms with Crippen LogP contribution in [0, 0.1) is 41.1 Å². The summed E-state index contributed by atoms with van der Waals surface area (Å²) in [6, 6.07) is 0. The van der Waals surface area contributed by atoms with Gasteiger partial charge in [-0.15, -0.1) is 0 Å². The molecule has 1 rings (SSSR count). The maximum absolute atomic E-state index is 13.1. The third kappa shape index (κ3) is 2.85. The molecule has 0 aliphatic rings. The van der Waals surface area contributed by atoms with Gasteiger partial charge in [-0.2, -0.15) is 8.78 Å². The Bertz CT molecular complexity index is 615. The first-order chi connectivity index (χ1) is 9.31. The lowest BCUT2D eigenvalue weighted by molar-refractivity contribution is -0.158. The highest BCUT2D eigenvalue weighted by Gasteiger charge is 2.30. The Kier molecular flexibility index (Phi) is 4.63. The fraction of sp³-hybridized carbons (Fsp3) is 0.0909. The summed E-state index contributed by atoms with van der Waals surface area (Å²) in [6.45, 7) is 1.24. The third-order valence-electron chi connectivity index (χ3n) is 1.78. The average molecular weight is 294 g/mol. The molecule has 0 unspecified atom stereocenters. The van der Waals surface area contributed by atoms with Gasteiger partial charge in [0.2, 0.25) is 34.8 Å². The number of halogens is 5. The van der Waals surface area contributed by atoms with Crippen molar-refractivity contribution in [1.82, 2.24) is 0 Å². The van der Waals surface area contributed by atoms with Crippen molar-refractivity contribution in [2.75, 3.05) is 0 Å². The van der Waals surface area contributed by atoms with Gasteiger partial charge in [-0.1, -0.05) is 5.92 Å². The summed E-state index contributed by atoms with van der Waals surface area (Å²) in [5.41, 5.74) is 0. The lowest BCUT2D eigenvalue weighted by atomic mass is 10.2. The summed E-state index contributed by atoms with van der Waals surface area (Å²) in [6.07, 6.45) is 1.68. The molecule has 20 heavy (non-hydrogen) atoms. The van der Waals surface area contributed by atoms with Crippen LogP contribution in [-0.2, 0) is 14.3 Å². The summed E-state index contributed by atoms with van der Waals surface area (Å²) in [5, 5.41) is 0. The fourth-order valence-electron chi connectivity index (χ4n) is 0.948. The van der Waals surface area contributed by atoms with Gasteiger partial charge in [0.15, 0.2) is 0 Å². The Balaban J connectivity index is 3.12. The van der Waals surface area contributed by atoms with Crippen LogP contribution in [0.5, 0.6) is 5.75 Å². The minimum Gasteiger partial charge on any atom is -0.412 e. The molecule has 9 heteroatoms. The maximum Gasteiger partial charge on any atom is 0.431 e. The first-order valence-corrected chi connectivity index (χ1v) is 4.67. The van der Waals surface area contributed by atoms with E-state index in [2.05, 4.69) is 9.47 Å². The van der Waals surface area contributed by atoms with E-state index in [1.54, 1.807) is 6.11 Å². The zero-order valence-corrected chi connectivity index (χ0v) is 9.52. The molecule has 0 atom stereocenters. The first-order valence-electron chi connectivity index (χ1n) is 4.67. The molecule has 0 aromatic heterocycles. The first kappa shape index (κ1) is 15.4. The van der Waals surface area contributed by atoms with E-state index in [1.807, 2.05) is 5.92 Å². The average Bonchev–Trinajstić information content (AvgIpc) is 2.44. The SMILES string of the molecule is CC#COC(=O)C(=O)Oc1c(F)c(F)c(F)c(F)c1F. The van der Waals surface area contributed by atoms with E-state index in [-0.39, 0.29) is 0 Å². The fourth-order valence-corrected chi connectivity index (χ4v) is 0.948. The molecule has 4 nitrogen and oxygen atoms in total. The molecule has 1 aromatic rings. The molecule has 0 radical (unpaired) electrons. The van der Waals surface area contributed by atoms with Crippen LogP contribution in [-0.4, -0.2) is 11.9 Å². The highest BCUT2D eigenvalue weighted by molar-refractivity contribution is 6.30. The van der Waals surface area contributed by atoms with Crippen molar-refractivity contribution in [3.8, 4) is 17.8 Å². The Hall–Kier alpha value is -2.63. The Labute approximate surface area is 108 Å². The molecule has 0 saturated heterocycles. The highest BCUT2D eigenvalue weighted by Crippen LogP contribution is 2.29. The second kappa shape index (κ2) is 6.01. The van der Waals surface area contributed by atoms with E-state index in [4.69, 9.17) is 0 Å². The second-order valence-electron chi connectivity index (χ2n) is 3.03. The normalized spacial score (nSPS) is 9.50. The zero-order valence-electron chi connectivity index (χ0n) is 9.52. The number of ether oxygens (including phenoxy) is 2. The van der Waals surface area contributed by atoms with Gasteiger partial charge in [-0.3, -0.25) is 0 Å². The van der Waals surface area contributed by atoms with Gasteiger partial charge in [-0.25, -0.2) is 22.8 Å². The van der Waals surface area contributed by atoms with Crippen LogP contribution >= 0.6 is 0 Å². The van der Waals surface area contributed by atoms with E-state index >= 15 is 0 Å². The third-order valence-corrected chi connectivity index (χ3v) is 1.78. The molecule has 0 saturated carbocycles. The van der Waals surface area contributed by atoms with Crippen LogP contribution in [0.1, 0.15) is 6.92 Å². The van der Waals surface area contributed by atoms with Crippen LogP contribution < -0.4 is 4.74 Å². The van der Waals surface area contributed by atoms with Crippen molar-refractivity contribution in [3.05, 3.63) is 29.1 Å². The van der Waals surface area contributed by atoms with Gasteiger partial charge in [-0.05, 0) is 0 Å². The maximum atomic E-state index is 13.1. The number of hydrogen-bond acceptors (Lipinski definition) is 4. The minimum absolute atomic E-state index is 1.24. The Morgan fingerprint density at radius 1 is 0.850 bits per heavy atom. The summed E-state index contributed by atoms with van der Waals surface area (Å²) in [5.74, 6) is -15.5. The van der Waals surface area contributed by atoms with E-state index in [9.17, 15) is 31.5 Å². The van der Waals surface area contributed by atoms with Gasteiger partial charge < -0.3 is 9.47 Å². The van der Waals surface area contributed by atoms with E-state index in [1.165, 1.54) is 6.92 Å². The van der Waals surface area contributed by atoms with E-state index in [0.29, 0.717) is 0 Å². The predicted octanol–water partition coefficient (Wildman–Crippen LogP) is 1.81.